The van der Waals surface area contributed by atoms with Crippen LogP contribution in [0.3, 0.4) is 0 Å². The molecule has 0 saturated heterocycles. The molecule has 130 valence electrons. The molecule has 0 aliphatic rings. The third-order valence-corrected chi connectivity index (χ3v) is 3.57. The number of hydrogen-bond donors (Lipinski definition) is 2. The zero-order valence-electron chi connectivity index (χ0n) is 14.6. The van der Waals surface area contributed by atoms with Gasteiger partial charge >= 0.3 is 0 Å². The van der Waals surface area contributed by atoms with Crippen LogP contribution < -0.4 is 5.32 Å². The molecule has 0 bridgehead atoms. The monoisotopic (exact) mass is 340 g/mol. The summed E-state index contributed by atoms with van der Waals surface area (Å²) < 4.78 is 0. The number of tetrazole rings is 1. The Hall–Kier alpha value is -3.10. The highest BCUT2D eigenvalue weighted by Gasteiger charge is 2.13. The summed E-state index contributed by atoms with van der Waals surface area (Å²) >= 11 is 0. The van der Waals surface area contributed by atoms with Gasteiger partial charge in [-0.2, -0.15) is 9.78 Å². The number of nitrogens with one attached hydrogen (secondary N) is 2. The van der Waals surface area contributed by atoms with Crippen molar-refractivity contribution in [2.45, 2.75) is 39.7 Å². The van der Waals surface area contributed by atoms with E-state index in [1.807, 2.05) is 27.7 Å². The van der Waals surface area contributed by atoms with Crippen LogP contribution in [0, 0.1) is 0 Å². The van der Waals surface area contributed by atoms with Gasteiger partial charge in [-0.25, -0.2) is 0 Å². The molecular formula is C16H20N8O. The highest BCUT2D eigenvalue weighted by molar-refractivity contribution is 6.03. The lowest BCUT2D eigenvalue weighted by atomic mass is 10.1. The first-order chi connectivity index (χ1) is 11.9. The van der Waals surface area contributed by atoms with Gasteiger partial charge < -0.3 is 0 Å². The number of hydrogen-bond acceptors (Lipinski definition) is 6. The lowest BCUT2D eigenvalue weighted by Gasteiger charge is -2.02. The molecule has 0 unspecified atom stereocenters. The fourth-order valence-electron chi connectivity index (χ4n) is 2.09. The van der Waals surface area contributed by atoms with Gasteiger partial charge in [-0.3, -0.25) is 15.2 Å². The van der Waals surface area contributed by atoms with Gasteiger partial charge in [0.05, 0.1) is 6.04 Å². The number of rotatable bonds is 5. The molecule has 1 amide bonds. The molecule has 0 atom stereocenters. The van der Waals surface area contributed by atoms with E-state index in [1.165, 1.54) is 0 Å². The number of anilines is 1. The summed E-state index contributed by atoms with van der Waals surface area (Å²) in [5, 5.41) is 21.8. The fraction of sp³-hybridized carbons (Fsp3) is 0.375. The maximum Gasteiger partial charge on any atom is 0.258 e. The van der Waals surface area contributed by atoms with E-state index in [1.54, 1.807) is 29.1 Å². The molecule has 2 N–H and O–H groups in total. The standard InChI is InChI=1S/C16H20N8O/c1-9(2)13-17-16(21-19-13)18-15(25)12-7-5-11(6-8-12)14-20-23-24(22-14)10(3)4/h5-10H,1-4H3,(H2,17,18,19,21,25). The quantitative estimate of drug-likeness (QED) is 0.737. The molecule has 3 aromatic rings. The lowest BCUT2D eigenvalue weighted by molar-refractivity contribution is 0.102. The van der Waals surface area contributed by atoms with Crippen molar-refractivity contribution in [2.24, 2.45) is 0 Å². The number of benzene rings is 1. The van der Waals surface area contributed by atoms with Gasteiger partial charge in [0.2, 0.25) is 11.8 Å². The topological polar surface area (TPSA) is 114 Å². The van der Waals surface area contributed by atoms with Crippen LogP contribution >= 0.6 is 0 Å². The number of nitrogens with zero attached hydrogens (tertiary/aromatic N) is 6. The van der Waals surface area contributed by atoms with Crippen LogP contribution in [0.1, 0.15) is 55.8 Å². The average molecular weight is 340 g/mol. The van der Waals surface area contributed by atoms with E-state index in [4.69, 9.17) is 0 Å². The van der Waals surface area contributed by atoms with Crippen LogP contribution in [0.5, 0.6) is 0 Å². The third kappa shape index (κ3) is 3.70. The molecule has 1 aromatic carbocycles. The molecule has 0 aliphatic heterocycles. The molecule has 3 rings (SSSR count). The van der Waals surface area contributed by atoms with Gasteiger partial charge in [-0.15, -0.1) is 15.3 Å². The van der Waals surface area contributed by atoms with Crippen LogP contribution in [0.25, 0.3) is 11.4 Å². The Morgan fingerprint density at radius 1 is 1.16 bits per heavy atom. The molecule has 0 aliphatic carbocycles. The minimum absolute atomic E-state index is 0.142. The maximum absolute atomic E-state index is 12.3. The summed E-state index contributed by atoms with van der Waals surface area (Å²) in [4.78, 5) is 18.1. The first-order valence-electron chi connectivity index (χ1n) is 8.07. The highest BCUT2D eigenvalue weighted by atomic mass is 16.1. The van der Waals surface area contributed by atoms with Crippen molar-refractivity contribution in [2.75, 3.05) is 5.32 Å². The molecular weight excluding hydrogens is 320 g/mol. The van der Waals surface area contributed by atoms with E-state index in [0.717, 1.165) is 11.4 Å². The van der Waals surface area contributed by atoms with Gasteiger partial charge in [0.15, 0.2) is 0 Å². The number of amides is 1. The molecule has 9 nitrogen and oxygen atoms in total. The summed E-state index contributed by atoms with van der Waals surface area (Å²) in [6.07, 6.45) is 0. The van der Waals surface area contributed by atoms with E-state index in [0.29, 0.717) is 11.4 Å². The normalized spacial score (nSPS) is 11.3. The third-order valence-electron chi connectivity index (χ3n) is 3.57. The summed E-state index contributed by atoms with van der Waals surface area (Å²) in [5.41, 5.74) is 1.29. The predicted octanol–water partition coefficient (Wildman–Crippen LogP) is 2.41. The van der Waals surface area contributed by atoms with Crippen LogP contribution in [0.2, 0.25) is 0 Å². The summed E-state index contributed by atoms with van der Waals surface area (Å²) in [6.45, 7) is 7.95. The van der Waals surface area contributed by atoms with Crippen LogP contribution in [-0.2, 0) is 0 Å². The van der Waals surface area contributed by atoms with E-state index in [9.17, 15) is 4.79 Å². The smallest absolute Gasteiger partial charge is 0.258 e. The largest absolute Gasteiger partial charge is 0.289 e. The Balaban J connectivity index is 1.71. The zero-order chi connectivity index (χ0) is 18.0. The zero-order valence-corrected chi connectivity index (χ0v) is 14.6. The first kappa shape index (κ1) is 16.7. The predicted molar refractivity (Wildman–Crippen MR) is 92.1 cm³/mol. The fourth-order valence-corrected chi connectivity index (χ4v) is 2.09. The second-order valence-corrected chi connectivity index (χ2v) is 6.26. The summed E-state index contributed by atoms with van der Waals surface area (Å²) in [5.74, 6) is 1.45. The Morgan fingerprint density at radius 2 is 1.88 bits per heavy atom. The number of carbonyl (C=O) groups excluding carboxylic acids is 1. The molecule has 0 radical (unpaired) electrons. The van der Waals surface area contributed by atoms with Crippen molar-refractivity contribution >= 4 is 11.9 Å². The Labute approximate surface area is 144 Å². The minimum atomic E-state index is -0.278. The molecule has 0 spiro atoms. The van der Waals surface area contributed by atoms with Crippen molar-refractivity contribution in [3.05, 3.63) is 35.7 Å². The molecule has 2 aromatic heterocycles. The van der Waals surface area contributed by atoms with E-state index in [2.05, 4.69) is 35.9 Å². The Kier molecular flexibility index (Phi) is 4.55. The SMILES string of the molecule is CC(C)c1nc(NC(=O)c2ccc(-c3nnn(C(C)C)n3)cc2)n[nH]1. The Morgan fingerprint density at radius 3 is 2.44 bits per heavy atom. The Bertz CT molecular complexity index is 862. The summed E-state index contributed by atoms with van der Waals surface area (Å²) in [6, 6.07) is 7.12. The number of aromatic nitrogens is 7. The first-order valence-corrected chi connectivity index (χ1v) is 8.07. The van der Waals surface area contributed by atoms with Crippen LogP contribution in [0.4, 0.5) is 5.95 Å². The number of carbonyl (C=O) groups is 1. The van der Waals surface area contributed by atoms with Crippen LogP contribution in [-0.4, -0.2) is 41.3 Å². The minimum Gasteiger partial charge on any atom is -0.289 e. The summed E-state index contributed by atoms with van der Waals surface area (Å²) in [7, 11) is 0. The average Bonchev–Trinajstić information content (AvgIpc) is 3.24. The van der Waals surface area contributed by atoms with Crippen molar-refractivity contribution in [1.82, 2.24) is 35.4 Å². The van der Waals surface area contributed by atoms with Crippen molar-refractivity contribution < 1.29 is 4.79 Å². The lowest BCUT2D eigenvalue weighted by Crippen LogP contribution is -2.13. The molecule has 25 heavy (non-hydrogen) atoms. The van der Waals surface area contributed by atoms with Crippen molar-refractivity contribution in [3.63, 3.8) is 0 Å². The van der Waals surface area contributed by atoms with Gasteiger partial charge in [0.25, 0.3) is 5.91 Å². The van der Waals surface area contributed by atoms with Crippen LogP contribution in [0.15, 0.2) is 24.3 Å². The van der Waals surface area contributed by atoms with Gasteiger partial charge in [-0.05, 0) is 31.2 Å². The second-order valence-electron chi connectivity index (χ2n) is 6.26. The maximum atomic E-state index is 12.3. The van der Waals surface area contributed by atoms with Gasteiger partial charge in [0, 0.05) is 17.0 Å². The molecule has 0 saturated carbocycles. The molecule has 0 fully saturated rings. The highest BCUT2D eigenvalue weighted by Crippen LogP contribution is 2.16. The van der Waals surface area contributed by atoms with E-state index >= 15 is 0 Å². The van der Waals surface area contributed by atoms with E-state index < -0.39 is 0 Å². The van der Waals surface area contributed by atoms with E-state index in [-0.39, 0.29) is 23.8 Å². The molecule has 2 heterocycles. The van der Waals surface area contributed by atoms with Crippen molar-refractivity contribution in [1.29, 1.82) is 0 Å². The second kappa shape index (κ2) is 6.80. The number of aromatic amines is 1. The van der Waals surface area contributed by atoms with Gasteiger partial charge in [-0.1, -0.05) is 26.0 Å². The number of H-pyrrole nitrogens is 1. The molecule has 9 heteroatoms. The van der Waals surface area contributed by atoms with Gasteiger partial charge in [0.1, 0.15) is 5.82 Å². The van der Waals surface area contributed by atoms with Crippen molar-refractivity contribution in [3.8, 4) is 11.4 Å².